The second-order valence-electron chi connectivity index (χ2n) is 9.74. The number of Topliss-reactive ketones (excluding diaryl/α,β-unsaturated/α-hetero) is 2. The van der Waals surface area contributed by atoms with Gasteiger partial charge in [0, 0.05) is 60.5 Å². The molecule has 0 aromatic heterocycles. The third-order valence-corrected chi connectivity index (χ3v) is 8.24. The molecule has 2 aliphatic carbocycles. The second kappa shape index (κ2) is 10.9. The first kappa shape index (κ1) is 26.4. The number of allylic oxidation sites excluding steroid dienone is 4. The Labute approximate surface area is 235 Å². The van der Waals surface area contributed by atoms with Crippen molar-refractivity contribution in [3.8, 4) is 11.5 Å². The molecule has 5 rings (SSSR count). The van der Waals surface area contributed by atoms with E-state index in [9.17, 15) is 19.7 Å². The van der Waals surface area contributed by atoms with Gasteiger partial charge in [-0.3, -0.25) is 19.7 Å². The van der Waals surface area contributed by atoms with Gasteiger partial charge in [-0.1, -0.05) is 0 Å². The summed E-state index contributed by atoms with van der Waals surface area (Å²) in [6.45, 7) is 2.52. The van der Waals surface area contributed by atoms with Gasteiger partial charge >= 0.3 is 0 Å². The maximum absolute atomic E-state index is 13.3. The summed E-state index contributed by atoms with van der Waals surface area (Å²) in [4.78, 5) is 39.2. The largest absolute Gasteiger partial charge is 0.490 e. The van der Waals surface area contributed by atoms with Crippen LogP contribution in [0.1, 0.15) is 62.5 Å². The number of non-ortho nitro benzene ring substituents is 1. The highest BCUT2D eigenvalue weighted by atomic mass is 127. The molecule has 9 heteroatoms. The van der Waals surface area contributed by atoms with E-state index in [-0.39, 0.29) is 23.9 Å². The molecule has 1 aliphatic heterocycles. The van der Waals surface area contributed by atoms with Gasteiger partial charge in [-0.05, 0) is 90.6 Å². The molecule has 38 heavy (non-hydrogen) atoms. The zero-order valence-electron chi connectivity index (χ0n) is 21.4. The fraction of sp³-hybridized carbons (Fsp3) is 0.379. The number of nitrogens with zero attached hydrogens (tertiary/aromatic N) is 2. The Bertz CT molecular complexity index is 1330. The van der Waals surface area contributed by atoms with Crippen LogP contribution >= 0.6 is 22.6 Å². The van der Waals surface area contributed by atoms with E-state index < -0.39 is 10.8 Å². The Morgan fingerprint density at radius 3 is 2.13 bits per heavy atom. The van der Waals surface area contributed by atoms with Crippen LogP contribution in [0.2, 0.25) is 0 Å². The Morgan fingerprint density at radius 2 is 1.58 bits per heavy atom. The fourth-order valence-electron chi connectivity index (χ4n) is 5.71. The molecular formula is C29H29IN2O6. The normalized spacial score (nSPS) is 17.9. The van der Waals surface area contributed by atoms with Crippen molar-refractivity contribution in [3.05, 3.63) is 83.7 Å². The molecule has 8 nitrogen and oxygen atoms in total. The molecule has 0 radical (unpaired) electrons. The van der Waals surface area contributed by atoms with E-state index in [4.69, 9.17) is 9.47 Å². The number of nitro groups is 1. The van der Waals surface area contributed by atoms with E-state index in [1.165, 1.54) is 12.1 Å². The molecule has 0 bridgehead atoms. The maximum Gasteiger partial charge on any atom is 0.269 e. The van der Waals surface area contributed by atoms with Crippen molar-refractivity contribution >= 4 is 39.8 Å². The molecule has 0 spiro atoms. The monoisotopic (exact) mass is 628 g/mol. The highest BCUT2D eigenvalue weighted by molar-refractivity contribution is 14.1. The topological polar surface area (TPSA) is 99.0 Å². The fourth-order valence-corrected chi connectivity index (χ4v) is 6.49. The molecule has 0 unspecified atom stereocenters. The molecule has 2 aromatic carbocycles. The lowest BCUT2D eigenvalue weighted by molar-refractivity contribution is -0.384. The van der Waals surface area contributed by atoms with Gasteiger partial charge < -0.3 is 14.4 Å². The summed E-state index contributed by atoms with van der Waals surface area (Å²) in [5.41, 5.74) is 5.23. The number of ketones is 2. The van der Waals surface area contributed by atoms with Crippen molar-refractivity contribution in [2.45, 2.75) is 58.0 Å². The Kier molecular flexibility index (Phi) is 7.56. The molecule has 1 heterocycles. The first-order valence-corrected chi connectivity index (χ1v) is 14.0. The van der Waals surface area contributed by atoms with E-state index in [1.807, 2.05) is 26.1 Å². The quantitative estimate of drug-likeness (QED) is 0.204. The van der Waals surface area contributed by atoms with Crippen LogP contribution in [0.3, 0.4) is 0 Å². The highest BCUT2D eigenvalue weighted by Crippen LogP contribution is 2.50. The third-order valence-electron chi connectivity index (χ3n) is 7.44. The summed E-state index contributed by atoms with van der Waals surface area (Å²) in [7, 11) is 1.99. The summed E-state index contributed by atoms with van der Waals surface area (Å²) in [5.74, 6) is 0.925. The van der Waals surface area contributed by atoms with Crippen LogP contribution in [-0.4, -0.2) is 35.0 Å². The van der Waals surface area contributed by atoms with Gasteiger partial charge in [0.1, 0.15) is 6.61 Å². The highest BCUT2D eigenvalue weighted by Gasteiger charge is 2.42. The van der Waals surface area contributed by atoms with Gasteiger partial charge in [0.15, 0.2) is 23.1 Å². The van der Waals surface area contributed by atoms with Crippen LogP contribution in [0.25, 0.3) is 0 Å². The number of benzene rings is 2. The van der Waals surface area contributed by atoms with Crippen LogP contribution in [-0.2, 0) is 16.2 Å². The first-order valence-electron chi connectivity index (χ1n) is 12.9. The second-order valence-corrected chi connectivity index (χ2v) is 10.9. The zero-order chi connectivity index (χ0) is 27.0. The van der Waals surface area contributed by atoms with E-state index in [1.54, 1.807) is 12.1 Å². The molecule has 0 saturated heterocycles. The lowest BCUT2D eigenvalue weighted by Crippen LogP contribution is -2.37. The van der Waals surface area contributed by atoms with Crippen molar-refractivity contribution in [1.29, 1.82) is 0 Å². The van der Waals surface area contributed by atoms with Gasteiger partial charge in [0.05, 0.1) is 15.1 Å². The predicted octanol–water partition coefficient (Wildman–Crippen LogP) is 6.22. The molecule has 198 valence electrons. The van der Waals surface area contributed by atoms with Crippen molar-refractivity contribution < 1.29 is 24.0 Å². The molecule has 3 aliphatic rings. The van der Waals surface area contributed by atoms with E-state index in [2.05, 4.69) is 27.5 Å². The predicted molar refractivity (Wildman–Crippen MR) is 150 cm³/mol. The molecule has 0 fully saturated rings. The van der Waals surface area contributed by atoms with E-state index in [0.29, 0.717) is 30.9 Å². The first-order chi connectivity index (χ1) is 18.3. The standard InChI is InChI=1S/C29H29IN2O6/c1-3-37-25-15-18(14-20(30)29(25)38-16-17-10-12-19(13-11-17)32(35)36)26-27-21(6-4-8-23(27)33)31(2)22-7-5-9-24(34)28(22)26/h10-15,26H,3-9,16H2,1-2H3. The lowest BCUT2D eigenvalue weighted by atomic mass is 9.71. The molecule has 0 amide bonds. The number of nitro benzene ring substituents is 1. The molecule has 0 saturated carbocycles. The maximum atomic E-state index is 13.3. The molecule has 0 N–H and O–H groups in total. The van der Waals surface area contributed by atoms with Gasteiger partial charge in [-0.15, -0.1) is 0 Å². The molecule has 0 atom stereocenters. The number of ether oxygens (including phenoxy) is 2. The van der Waals surface area contributed by atoms with E-state index >= 15 is 0 Å². The van der Waals surface area contributed by atoms with Crippen molar-refractivity contribution in [3.63, 3.8) is 0 Å². The minimum atomic E-state index is -0.432. The SMILES string of the molecule is CCOc1cc(C2C3=C(CCCC3=O)N(C)C3=C2C(=O)CCC3)cc(I)c1OCc1ccc([N+](=O)[O-])cc1. The van der Waals surface area contributed by atoms with Crippen LogP contribution in [0.5, 0.6) is 11.5 Å². The number of carbonyl (C=O) groups is 2. The van der Waals surface area contributed by atoms with Gasteiger partial charge in [-0.2, -0.15) is 0 Å². The third kappa shape index (κ3) is 4.83. The Balaban J connectivity index is 1.55. The van der Waals surface area contributed by atoms with Crippen LogP contribution in [0.15, 0.2) is 58.9 Å². The zero-order valence-corrected chi connectivity index (χ0v) is 23.6. The smallest absolute Gasteiger partial charge is 0.269 e. The number of halogens is 1. The van der Waals surface area contributed by atoms with Crippen LogP contribution < -0.4 is 9.47 Å². The summed E-state index contributed by atoms with van der Waals surface area (Å²) in [6, 6.07) is 10.1. The number of carbonyl (C=O) groups excluding carboxylic acids is 2. The number of hydrogen-bond donors (Lipinski definition) is 0. The van der Waals surface area contributed by atoms with Crippen molar-refractivity contribution in [2.75, 3.05) is 13.7 Å². The van der Waals surface area contributed by atoms with Gasteiger partial charge in [0.2, 0.25) is 0 Å². The number of hydrogen-bond acceptors (Lipinski definition) is 7. The lowest BCUT2D eigenvalue weighted by Gasteiger charge is -2.42. The van der Waals surface area contributed by atoms with Crippen LogP contribution in [0.4, 0.5) is 5.69 Å². The Morgan fingerprint density at radius 1 is 0.974 bits per heavy atom. The van der Waals surface area contributed by atoms with Crippen molar-refractivity contribution in [1.82, 2.24) is 4.90 Å². The summed E-state index contributed by atoms with van der Waals surface area (Å²) >= 11 is 2.21. The summed E-state index contributed by atoms with van der Waals surface area (Å²) < 4.78 is 13.0. The molecular weight excluding hydrogens is 599 g/mol. The minimum Gasteiger partial charge on any atom is -0.490 e. The average molecular weight is 628 g/mol. The van der Waals surface area contributed by atoms with Crippen molar-refractivity contribution in [2.24, 2.45) is 0 Å². The number of rotatable bonds is 7. The molecule has 2 aromatic rings. The Hall–Kier alpha value is -3.21. The average Bonchev–Trinajstić information content (AvgIpc) is 2.90. The minimum absolute atomic E-state index is 0.0256. The summed E-state index contributed by atoms with van der Waals surface area (Å²) in [5, 5.41) is 11.0. The van der Waals surface area contributed by atoms with Gasteiger partial charge in [-0.25, -0.2) is 0 Å². The summed E-state index contributed by atoms with van der Waals surface area (Å²) in [6.07, 6.45) is 4.28. The van der Waals surface area contributed by atoms with Gasteiger partial charge in [0.25, 0.3) is 5.69 Å². The van der Waals surface area contributed by atoms with E-state index in [0.717, 1.165) is 62.9 Å². The van der Waals surface area contributed by atoms with Crippen LogP contribution in [0, 0.1) is 13.7 Å².